The highest BCUT2D eigenvalue weighted by atomic mass is 16.5. The molecular formula is C14H25N3O. The highest BCUT2D eigenvalue weighted by Crippen LogP contribution is 2.24. The van der Waals surface area contributed by atoms with Crippen molar-refractivity contribution in [3.63, 3.8) is 0 Å². The van der Waals surface area contributed by atoms with Crippen LogP contribution in [-0.4, -0.2) is 23.1 Å². The van der Waals surface area contributed by atoms with Gasteiger partial charge in [0, 0.05) is 6.54 Å². The largest absolute Gasteiger partial charge is 0.477 e. The van der Waals surface area contributed by atoms with Gasteiger partial charge in [-0.15, -0.1) is 0 Å². The Morgan fingerprint density at radius 3 is 2.61 bits per heavy atom. The summed E-state index contributed by atoms with van der Waals surface area (Å²) in [6.07, 6.45) is 4.66. The fourth-order valence-electron chi connectivity index (χ4n) is 1.64. The second-order valence-electron chi connectivity index (χ2n) is 4.89. The lowest BCUT2D eigenvalue weighted by Crippen LogP contribution is -2.11. The van der Waals surface area contributed by atoms with Crippen LogP contribution in [0.3, 0.4) is 0 Å². The summed E-state index contributed by atoms with van der Waals surface area (Å²) in [4.78, 5) is 8.59. The second-order valence-corrected chi connectivity index (χ2v) is 4.89. The highest BCUT2D eigenvalue weighted by Gasteiger charge is 2.12. The second kappa shape index (κ2) is 7.90. The molecule has 102 valence electrons. The molecule has 0 spiro atoms. The zero-order chi connectivity index (χ0) is 13.4. The first kappa shape index (κ1) is 14.7. The van der Waals surface area contributed by atoms with Crippen LogP contribution in [0.2, 0.25) is 0 Å². The van der Waals surface area contributed by atoms with Crippen LogP contribution in [0.1, 0.15) is 46.1 Å². The van der Waals surface area contributed by atoms with Crippen molar-refractivity contribution in [3.8, 4) is 5.88 Å². The minimum Gasteiger partial charge on any atom is -0.477 e. The topological polar surface area (TPSA) is 47.0 Å². The Morgan fingerprint density at radius 1 is 1.22 bits per heavy atom. The lowest BCUT2D eigenvalue weighted by molar-refractivity contribution is 0.258. The van der Waals surface area contributed by atoms with Crippen molar-refractivity contribution >= 4 is 5.82 Å². The van der Waals surface area contributed by atoms with Crippen LogP contribution in [0.15, 0.2) is 6.33 Å². The number of ether oxygens (including phenoxy) is 1. The number of rotatable bonds is 8. The van der Waals surface area contributed by atoms with Gasteiger partial charge >= 0.3 is 0 Å². The van der Waals surface area contributed by atoms with E-state index in [0.717, 1.165) is 43.1 Å². The molecule has 1 aromatic heterocycles. The lowest BCUT2D eigenvalue weighted by Gasteiger charge is -2.15. The van der Waals surface area contributed by atoms with Crippen LogP contribution in [0.5, 0.6) is 5.88 Å². The summed E-state index contributed by atoms with van der Waals surface area (Å²) < 4.78 is 5.78. The molecule has 1 N–H and O–H groups in total. The van der Waals surface area contributed by atoms with Crippen LogP contribution >= 0.6 is 0 Å². The Morgan fingerprint density at radius 2 is 2.00 bits per heavy atom. The Labute approximate surface area is 110 Å². The van der Waals surface area contributed by atoms with Crippen molar-refractivity contribution in [1.82, 2.24) is 9.97 Å². The van der Waals surface area contributed by atoms with E-state index >= 15 is 0 Å². The van der Waals surface area contributed by atoms with Crippen LogP contribution in [-0.2, 0) is 6.42 Å². The molecule has 0 radical (unpaired) electrons. The van der Waals surface area contributed by atoms with Crippen molar-refractivity contribution in [3.05, 3.63) is 11.9 Å². The molecule has 0 bridgehead atoms. The van der Waals surface area contributed by atoms with E-state index in [0.29, 0.717) is 12.5 Å². The van der Waals surface area contributed by atoms with Crippen molar-refractivity contribution in [1.29, 1.82) is 0 Å². The van der Waals surface area contributed by atoms with Gasteiger partial charge in [-0.05, 0) is 18.8 Å². The van der Waals surface area contributed by atoms with E-state index in [2.05, 4.69) is 43.0 Å². The van der Waals surface area contributed by atoms with Gasteiger partial charge in [0.25, 0.3) is 0 Å². The van der Waals surface area contributed by atoms with Gasteiger partial charge in [-0.2, -0.15) is 0 Å². The summed E-state index contributed by atoms with van der Waals surface area (Å²) >= 11 is 0. The first-order chi connectivity index (χ1) is 8.69. The van der Waals surface area contributed by atoms with Crippen LogP contribution in [0, 0.1) is 5.92 Å². The molecule has 0 amide bonds. The van der Waals surface area contributed by atoms with Gasteiger partial charge in [0.2, 0.25) is 5.88 Å². The molecular weight excluding hydrogens is 226 g/mol. The number of nitrogens with one attached hydrogen (secondary N) is 1. The lowest BCUT2D eigenvalue weighted by atomic mass is 10.1. The third-order valence-corrected chi connectivity index (χ3v) is 2.50. The summed E-state index contributed by atoms with van der Waals surface area (Å²) in [7, 11) is 0. The van der Waals surface area contributed by atoms with E-state index in [1.807, 2.05) is 0 Å². The molecule has 0 atom stereocenters. The first-order valence-corrected chi connectivity index (χ1v) is 6.89. The van der Waals surface area contributed by atoms with Gasteiger partial charge in [0.1, 0.15) is 12.1 Å². The number of anilines is 1. The summed E-state index contributed by atoms with van der Waals surface area (Å²) in [5.41, 5.74) is 1.11. The summed E-state index contributed by atoms with van der Waals surface area (Å²) in [6, 6.07) is 0. The third-order valence-electron chi connectivity index (χ3n) is 2.50. The van der Waals surface area contributed by atoms with Crippen molar-refractivity contribution < 1.29 is 4.74 Å². The molecule has 0 aromatic carbocycles. The molecule has 0 aliphatic carbocycles. The highest BCUT2D eigenvalue weighted by molar-refractivity contribution is 5.48. The zero-order valence-electron chi connectivity index (χ0n) is 12.0. The quantitative estimate of drug-likeness (QED) is 0.770. The van der Waals surface area contributed by atoms with E-state index in [9.17, 15) is 0 Å². The number of aromatic nitrogens is 2. The molecule has 18 heavy (non-hydrogen) atoms. The van der Waals surface area contributed by atoms with Gasteiger partial charge in [-0.25, -0.2) is 9.97 Å². The SMILES string of the molecule is CCCNc1ncnc(OCC(C)C)c1CCC. The molecule has 0 saturated heterocycles. The van der Waals surface area contributed by atoms with E-state index < -0.39 is 0 Å². The van der Waals surface area contributed by atoms with E-state index in [1.54, 1.807) is 6.33 Å². The third kappa shape index (κ3) is 4.51. The monoisotopic (exact) mass is 251 g/mol. The van der Waals surface area contributed by atoms with Gasteiger partial charge in [0.15, 0.2) is 0 Å². The van der Waals surface area contributed by atoms with Crippen LogP contribution in [0.4, 0.5) is 5.82 Å². The molecule has 4 nitrogen and oxygen atoms in total. The smallest absolute Gasteiger partial charge is 0.221 e. The van der Waals surface area contributed by atoms with Gasteiger partial charge in [-0.1, -0.05) is 34.1 Å². The normalized spacial score (nSPS) is 10.7. The average molecular weight is 251 g/mol. The Kier molecular flexibility index (Phi) is 6.47. The Hall–Kier alpha value is -1.32. The summed E-state index contributed by atoms with van der Waals surface area (Å²) in [5.74, 6) is 2.16. The van der Waals surface area contributed by atoms with E-state index in [-0.39, 0.29) is 0 Å². The minimum atomic E-state index is 0.501. The van der Waals surface area contributed by atoms with E-state index in [1.165, 1.54) is 0 Å². The van der Waals surface area contributed by atoms with E-state index in [4.69, 9.17) is 4.74 Å². The van der Waals surface area contributed by atoms with Crippen molar-refractivity contribution in [2.24, 2.45) is 5.92 Å². The molecule has 0 aliphatic rings. The van der Waals surface area contributed by atoms with Gasteiger partial charge < -0.3 is 10.1 Å². The number of nitrogens with zero attached hydrogens (tertiary/aromatic N) is 2. The average Bonchev–Trinajstić information content (AvgIpc) is 2.36. The molecule has 1 aromatic rings. The predicted molar refractivity (Wildman–Crippen MR) is 75.1 cm³/mol. The standard InChI is InChI=1S/C14H25N3O/c1-5-7-12-13(15-8-6-2)16-10-17-14(12)18-9-11(3)4/h10-11H,5-9H2,1-4H3,(H,15,16,17). The van der Waals surface area contributed by atoms with Crippen LogP contribution in [0.25, 0.3) is 0 Å². The summed E-state index contributed by atoms with van der Waals surface area (Å²) in [5, 5.41) is 3.34. The minimum absolute atomic E-state index is 0.501. The Balaban J connectivity index is 2.86. The Bertz CT molecular complexity index is 353. The van der Waals surface area contributed by atoms with Crippen LogP contribution < -0.4 is 10.1 Å². The molecule has 0 aliphatic heterocycles. The maximum absolute atomic E-state index is 5.78. The maximum atomic E-state index is 5.78. The fraction of sp³-hybridized carbons (Fsp3) is 0.714. The van der Waals surface area contributed by atoms with Gasteiger partial charge in [-0.3, -0.25) is 0 Å². The van der Waals surface area contributed by atoms with Gasteiger partial charge in [0.05, 0.1) is 12.2 Å². The van der Waals surface area contributed by atoms with Crippen molar-refractivity contribution in [2.75, 3.05) is 18.5 Å². The first-order valence-electron chi connectivity index (χ1n) is 6.89. The molecule has 0 unspecified atom stereocenters. The van der Waals surface area contributed by atoms with Crippen molar-refractivity contribution in [2.45, 2.75) is 47.0 Å². The molecule has 4 heteroatoms. The fourth-order valence-corrected chi connectivity index (χ4v) is 1.64. The molecule has 1 rings (SSSR count). The summed E-state index contributed by atoms with van der Waals surface area (Å²) in [6.45, 7) is 10.2. The number of hydrogen-bond acceptors (Lipinski definition) is 4. The molecule has 0 saturated carbocycles. The molecule has 1 heterocycles. The predicted octanol–water partition coefficient (Wildman–Crippen LogP) is 3.29. The molecule has 0 fully saturated rings. The number of hydrogen-bond donors (Lipinski definition) is 1. The zero-order valence-corrected chi connectivity index (χ0v) is 12.0. The maximum Gasteiger partial charge on any atom is 0.221 e.